The summed E-state index contributed by atoms with van der Waals surface area (Å²) in [5.74, 6) is -3.54. The summed E-state index contributed by atoms with van der Waals surface area (Å²) < 4.78 is 75.9. The van der Waals surface area contributed by atoms with Crippen LogP contribution in [0.15, 0.2) is 30.5 Å². The summed E-state index contributed by atoms with van der Waals surface area (Å²) >= 11 is 5.49. The van der Waals surface area contributed by atoms with Crippen LogP contribution in [-0.4, -0.2) is 41.2 Å². The molecule has 7 nitrogen and oxygen atoms in total. The molecule has 0 spiro atoms. The van der Waals surface area contributed by atoms with E-state index < -0.39 is 40.4 Å². The summed E-state index contributed by atoms with van der Waals surface area (Å²) in [6.45, 7) is 5.79. The molecule has 2 saturated heterocycles. The van der Waals surface area contributed by atoms with E-state index in [9.17, 15) is 26.7 Å². The fraction of sp³-hybridized carbons (Fsp3) is 0.481. The molecule has 1 amide bonds. The fourth-order valence-electron chi connectivity index (χ4n) is 4.97. The summed E-state index contributed by atoms with van der Waals surface area (Å²) in [7, 11) is 0. The Balaban J connectivity index is 1.66. The van der Waals surface area contributed by atoms with Crippen LogP contribution in [0.4, 0.5) is 33.3 Å². The van der Waals surface area contributed by atoms with Gasteiger partial charge in [0, 0.05) is 12.6 Å². The van der Waals surface area contributed by atoms with E-state index in [1.807, 2.05) is 0 Å². The molecular weight excluding hydrogens is 553 g/mol. The van der Waals surface area contributed by atoms with Gasteiger partial charge in [-0.3, -0.25) is 9.69 Å². The average Bonchev–Trinajstić information content (AvgIpc) is 3.06. The van der Waals surface area contributed by atoms with Gasteiger partial charge in [-0.15, -0.1) is 0 Å². The zero-order valence-electron chi connectivity index (χ0n) is 22.1. The summed E-state index contributed by atoms with van der Waals surface area (Å²) in [6.07, 6.45) is -1.25. The number of piperidine rings is 1. The first-order chi connectivity index (χ1) is 18.7. The molecule has 2 aliphatic rings. The van der Waals surface area contributed by atoms with E-state index in [2.05, 4.69) is 10.3 Å². The van der Waals surface area contributed by atoms with Gasteiger partial charge in [-0.05, 0) is 88.6 Å². The molecule has 0 unspecified atom stereocenters. The molecular formula is C27H28F5N5O2S. The van der Waals surface area contributed by atoms with Crippen LogP contribution in [0.3, 0.4) is 0 Å². The molecule has 0 atom stereocenters. The van der Waals surface area contributed by atoms with Gasteiger partial charge in [0.25, 0.3) is 11.8 Å². The van der Waals surface area contributed by atoms with Crippen LogP contribution >= 0.6 is 12.2 Å². The number of rotatable bonds is 7. The largest absolute Gasteiger partial charge is 0.493 e. The molecule has 1 aromatic carbocycles. The van der Waals surface area contributed by atoms with Gasteiger partial charge >= 0.3 is 6.18 Å². The normalized spacial score (nSPS) is 18.3. The van der Waals surface area contributed by atoms with Gasteiger partial charge in [-0.2, -0.15) is 18.4 Å². The monoisotopic (exact) mass is 581 g/mol. The van der Waals surface area contributed by atoms with Crippen LogP contribution < -0.4 is 19.9 Å². The molecule has 13 heteroatoms. The molecule has 214 valence electrons. The molecule has 0 saturated carbocycles. The highest BCUT2D eigenvalue weighted by atomic mass is 32.1. The highest BCUT2D eigenvalue weighted by Gasteiger charge is 2.51. The van der Waals surface area contributed by atoms with Crippen LogP contribution in [0, 0.1) is 17.2 Å². The number of pyridine rings is 1. The molecule has 0 bridgehead atoms. The minimum absolute atomic E-state index is 0.00222. The van der Waals surface area contributed by atoms with Crippen LogP contribution in [0.2, 0.25) is 0 Å². The number of carbonyl (C=O) groups is 1. The van der Waals surface area contributed by atoms with Crippen LogP contribution in [0.25, 0.3) is 0 Å². The third-order valence-corrected chi connectivity index (χ3v) is 7.51. The molecule has 40 heavy (non-hydrogen) atoms. The summed E-state index contributed by atoms with van der Waals surface area (Å²) in [5.41, 5.74) is -4.17. The molecule has 1 N–H and O–H groups in total. The molecule has 2 aromatic rings. The lowest BCUT2D eigenvalue weighted by atomic mass is 9.95. The van der Waals surface area contributed by atoms with Crippen molar-refractivity contribution in [3.63, 3.8) is 0 Å². The van der Waals surface area contributed by atoms with E-state index >= 15 is 0 Å². The lowest BCUT2D eigenvalue weighted by molar-refractivity contribution is -0.138. The summed E-state index contributed by atoms with van der Waals surface area (Å²) in [5, 5.41) is 12.1. The third kappa shape index (κ3) is 5.74. The van der Waals surface area contributed by atoms with E-state index in [1.165, 1.54) is 43.0 Å². The molecule has 1 aromatic heterocycles. The minimum Gasteiger partial charge on any atom is -0.493 e. The molecule has 0 radical (unpaired) electrons. The number of thiocarbonyl (C=S) groups is 1. The van der Waals surface area contributed by atoms with Crippen molar-refractivity contribution in [3.8, 4) is 11.8 Å². The quantitative estimate of drug-likeness (QED) is 0.329. The SMILES string of the molecule is CC(F)(F)c1cc(N2C(=S)N(c3cnc(C#N)c(C(F)(F)F)c3)C(=O)C2(C)C)ccc1OCCC1CCNCC1. The number of halogens is 5. The van der Waals surface area contributed by atoms with Crippen molar-refractivity contribution in [3.05, 3.63) is 47.3 Å². The number of carbonyl (C=O) groups excluding carboxylic acids is 1. The topological polar surface area (TPSA) is 81.5 Å². The number of amides is 1. The lowest BCUT2D eigenvalue weighted by Gasteiger charge is -2.30. The van der Waals surface area contributed by atoms with E-state index in [0.717, 1.165) is 50.4 Å². The van der Waals surface area contributed by atoms with Gasteiger partial charge in [0.1, 0.15) is 17.4 Å². The standard InChI is InChI=1S/C27H28F5N5O2S/c1-25(2)23(38)36(18-13-19(27(30,31)32)21(14-33)35-15-18)24(40)37(25)17-4-5-22(20(12-17)26(3,28)29)39-11-8-16-6-9-34-10-7-16/h4-5,12-13,15-16,34H,6-11H2,1-3H3. The zero-order chi connectivity index (χ0) is 29.5. The lowest BCUT2D eigenvalue weighted by Crippen LogP contribution is -2.44. The van der Waals surface area contributed by atoms with Crippen LogP contribution in [0.1, 0.15) is 56.9 Å². The Morgan fingerprint density at radius 2 is 1.80 bits per heavy atom. The van der Waals surface area contributed by atoms with Crippen molar-refractivity contribution in [2.75, 3.05) is 29.5 Å². The van der Waals surface area contributed by atoms with Crippen LogP contribution in [0.5, 0.6) is 5.75 Å². The number of hydrogen-bond acceptors (Lipinski definition) is 6. The number of nitrogens with one attached hydrogen (secondary N) is 1. The second-order valence-corrected chi connectivity index (χ2v) is 10.8. The highest BCUT2D eigenvalue weighted by Crippen LogP contribution is 2.42. The van der Waals surface area contributed by atoms with Gasteiger partial charge in [-0.25, -0.2) is 13.8 Å². The van der Waals surface area contributed by atoms with E-state index in [-0.39, 0.29) is 28.8 Å². The Morgan fingerprint density at radius 3 is 2.40 bits per heavy atom. The molecule has 2 aliphatic heterocycles. The van der Waals surface area contributed by atoms with Crippen molar-refractivity contribution < 1.29 is 31.5 Å². The summed E-state index contributed by atoms with van der Waals surface area (Å²) in [6, 6.07) is 6.07. The predicted octanol–water partition coefficient (Wildman–Crippen LogP) is 5.77. The number of hydrogen-bond donors (Lipinski definition) is 1. The third-order valence-electron chi connectivity index (χ3n) is 7.15. The van der Waals surface area contributed by atoms with Crippen molar-refractivity contribution >= 4 is 34.6 Å². The van der Waals surface area contributed by atoms with Crippen molar-refractivity contribution in [1.29, 1.82) is 5.26 Å². The van der Waals surface area contributed by atoms with Gasteiger partial charge in [0.05, 0.1) is 29.6 Å². The fourth-order valence-corrected chi connectivity index (χ4v) is 5.49. The Bertz CT molecular complexity index is 1350. The van der Waals surface area contributed by atoms with Crippen molar-refractivity contribution in [2.24, 2.45) is 5.92 Å². The minimum atomic E-state index is -4.90. The number of benzene rings is 1. The van der Waals surface area contributed by atoms with Gasteiger partial charge in [0.2, 0.25) is 0 Å². The van der Waals surface area contributed by atoms with E-state index in [1.54, 1.807) is 0 Å². The van der Waals surface area contributed by atoms with Gasteiger partial charge < -0.3 is 15.0 Å². The number of alkyl halides is 5. The smallest absolute Gasteiger partial charge is 0.419 e. The van der Waals surface area contributed by atoms with Crippen molar-refractivity contribution in [1.82, 2.24) is 10.3 Å². The highest BCUT2D eigenvalue weighted by molar-refractivity contribution is 7.81. The second kappa shape index (κ2) is 10.9. The zero-order valence-corrected chi connectivity index (χ0v) is 22.9. The maximum atomic E-state index is 14.7. The predicted molar refractivity (Wildman–Crippen MR) is 142 cm³/mol. The van der Waals surface area contributed by atoms with E-state index in [0.29, 0.717) is 12.0 Å². The Morgan fingerprint density at radius 1 is 1.15 bits per heavy atom. The number of ether oxygens (including phenoxy) is 1. The van der Waals surface area contributed by atoms with Gasteiger partial charge in [-0.1, -0.05) is 0 Å². The first-order valence-corrected chi connectivity index (χ1v) is 13.1. The number of nitriles is 1. The first-order valence-electron chi connectivity index (χ1n) is 12.7. The summed E-state index contributed by atoms with van der Waals surface area (Å²) in [4.78, 5) is 19.2. The molecule has 2 fully saturated rings. The van der Waals surface area contributed by atoms with Gasteiger partial charge in [0.15, 0.2) is 10.8 Å². The maximum absolute atomic E-state index is 14.7. The average molecular weight is 582 g/mol. The number of anilines is 2. The number of aromatic nitrogens is 1. The van der Waals surface area contributed by atoms with Crippen molar-refractivity contribution in [2.45, 2.75) is 57.7 Å². The first kappa shape index (κ1) is 29.6. The Labute approximate surface area is 233 Å². The maximum Gasteiger partial charge on any atom is 0.419 e. The van der Waals surface area contributed by atoms with Crippen LogP contribution in [-0.2, 0) is 16.9 Å². The van der Waals surface area contributed by atoms with E-state index in [4.69, 9.17) is 22.2 Å². The Hall–Kier alpha value is -3.37. The number of nitrogens with zero attached hydrogens (tertiary/aromatic N) is 4. The molecule has 4 rings (SSSR count). The second-order valence-electron chi connectivity index (χ2n) is 10.4. The molecule has 3 heterocycles. The molecule has 0 aliphatic carbocycles. The Kier molecular flexibility index (Phi) is 8.06.